The van der Waals surface area contributed by atoms with E-state index in [2.05, 4.69) is 26.2 Å². The Labute approximate surface area is 163 Å². The SMILES string of the molecule is C=CCn1c(SCCN2CC3CCC(C2)O3)nnc1-c1ccc(Cl)cc1. The highest BCUT2D eigenvalue weighted by Gasteiger charge is 2.33. The molecule has 5 nitrogen and oxygen atoms in total. The van der Waals surface area contributed by atoms with Gasteiger partial charge in [0.1, 0.15) is 0 Å². The van der Waals surface area contributed by atoms with E-state index in [1.807, 2.05) is 30.3 Å². The molecule has 0 aliphatic carbocycles. The number of aromatic nitrogens is 3. The molecule has 138 valence electrons. The number of morpholine rings is 1. The summed E-state index contributed by atoms with van der Waals surface area (Å²) in [4.78, 5) is 2.52. The summed E-state index contributed by atoms with van der Waals surface area (Å²) < 4.78 is 8.02. The summed E-state index contributed by atoms with van der Waals surface area (Å²) in [5, 5.41) is 10.5. The molecule has 2 aliphatic heterocycles. The lowest BCUT2D eigenvalue weighted by Crippen LogP contribution is -2.43. The molecule has 0 radical (unpaired) electrons. The largest absolute Gasteiger partial charge is 0.372 e. The molecule has 2 aliphatic rings. The normalized spacial score (nSPS) is 22.7. The van der Waals surface area contributed by atoms with Gasteiger partial charge in [0.15, 0.2) is 11.0 Å². The fourth-order valence-electron chi connectivity index (χ4n) is 3.65. The van der Waals surface area contributed by atoms with Crippen LogP contribution in [0.4, 0.5) is 0 Å². The lowest BCUT2D eigenvalue weighted by molar-refractivity contribution is -0.0360. The molecule has 2 aromatic rings. The van der Waals surface area contributed by atoms with Crippen molar-refractivity contribution >= 4 is 23.4 Å². The highest BCUT2D eigenvalue weighted by molar-refractivity contribution is 7.99. The molecule has 3 heterocycles. The Bertz CT molecular complexity index is 751. The van der Waals surface area contributed by atoms with E-state index in [1.54, 1.807) is 11.8 Å². The molecule has 4 rings (SSSR count). The average Bonchev–Trinajstić information content (AvgIpc) is 3.19. The Morgan fingerprint density at radius 2 is 1.92 bits per heavy atom. The smallest absolute Gasteiger partial charge is 0.191 e. The lowest BCUT2D eigenvalue weighted by Gasteiger charge is -2.31. The van der Waals surface area contributed by atoms with Crippen molar-refractivity contribution in [2.24, 2.45) is 0 Å². The Morgan fingerprint density at radius 1 is 1.19 bits per heavy atom. The number of nitrogens with zero attached hydrogens (tertiary/aromatic N) is 4. The van der Waals surface area contributed by atoms with Gasteiger partial charge >= 0.3 is 0 Å². The van der Waals surface area contributed by atoms with E-state index in [-0.39, 0.29) is 0 Å². The molecule has 2 atom stereocenters. The summed E-state index contributed by atoms with van der Waals surface area (Å²) in [6.45, 7) is 7.74. The summed E-state index contributed by atoms with van der Waals surface area (Å²) in [6.07, 6.45) is 5.20. The molecular weight excluding hydrogens is 368 g/mol. The van der Waals surface area contributed by atoms with Crippen molar-refractivity contribution in [3.63, 3.8) is 0 Å². The first-order chi connectivity index (χ1) is 12.7. The second kappa shape index (κ2) is 8.13. The molecule has 0 saturated carbocycles. The van der Waals surface area contributed by atoms with Crippen LogP contribution in [0.3, 0.4) is 0 Å². The van der Waals surface area contributed by atoms with E-state index in [4.69, 9.17) is 16.3 Å². The van der Waals surface area contributed by atoms with E-state index in [9.17, 15) is 0 Å². The summed E-state index contributed by atoms with van der Waals surface area (Å²) >= 11 is 7.75. The number of thioether (sulfide) groups is 1. The van der Waals surface area contributed by atoms with Gasteiger partial charge in [-0.05, 0) is 37.1 Å². The third kappa shape index (κ3) is 3.98. The van der Waals surface area contributed by atoms with Crippen LogP contribution in [0.25, 0.3) is 11.4 Å². The summed E-state index contributed by atoms with van der Waals surface area (Å²) in [7, 11) is 0. The Morgan fingerprint density at radius 3 is 2.62 bits per heavy atom. The quantitative estimate of drug-likeness (QED) is 0.532. The van der Waals surface area contributed by atoms with Crippen LogP contribution in [0.15, 0.2) is 42.1 Å². The van der Waals surface area contributed by atoms with Crippen LogP contribution in [-0.2, 0) is 11.3 Å². The highest BCUT2D eigenvalue weighted by atomic mass is 35.5. The molecule has 2 fully saturated rings. The van der Waals surface area contributed by atoms with Gasteiger partial charge in [-0.1, -0.05) is 29.4 Å². The van der Waals surface area contributed by atoms with Crippen LogP contribution in [0.2, 0.25) is 5.02 Å². The van der Waals surface area contributed by atoms with Gasteiger partial charge in [-0.15, -0.1) is 16.8 Å². The van der Waals surface area contributed by atoms with Gasteiger partial charge in [0.25, 0.3) is 0 Å². The van der Waals surface area contributed by atoms with Gasteiger partial charge in [0.2, 0.25) is 0 Å². The van der Waals surface area contributed by atoms with Crippen molar-refractivity contribution in [1.82, 2.24) is 19.7 Å². The maximum atomic E-state index is 6.00. The number of hydrogen-bond donors (Lipinski definition) is 0. The van der Waals surface area contributed by atoms with E-state index in [0.29, 0.717) is 18.8 Å². The molecule has 2 bridgehead atoms. The van der Waals surface area contributed by atoms with Crippen LogP contribution in [0, 0.1) is 0 Å². The Hall–Kier alpha value is -1.34. The molecular formula is C19H23ClN4OS. The van der Waals surface area contributed by atoms with Crippen molar-refractivity contribution in [1.29, 1.82) is 0 Å². The zero-order valence-electron chi connectivity index (χ0n) is 14.7. The van der Waals surface area contributed by atoms with Crippen LogP contribution < -0.4 is 0 Å². The van der Waals surface area contributed by atoms with E-state index in [0.717, 1.165) is 47.0 Å². The van der Waals surface area contributed by atoms with Gasteiger partial charge in [-0.3, -0.25) is 9.47 Å². The van der Waals surface area contributed by atoms with Crippen LogP contribution >= 0.6 is 23.4 Å². The first kappa shape index (κ1) is 18.0. The summed E-state index contributed by atoms with van der Waals surface area (Å²) in [6, 6.07) is 7.71. The summed E-state index contributed by atoms with van der Waals surface area (Å²) in [5.74, 6) is 1.85. The van der Waals surface area contributed by atoms with Crippen molar-refractivity contribution in [3.05, 3.63) is 41.9 Å². The predicted molar refractivity (Wildman–Crippen MR) is 106 cm³/mol. The number of fused-ring (bicyclic) bond motifs is 2. The molecule has 26 heavy (non-hydrogen) atoms. The van der Waals surface area contributed by atoms with Crippen molar-refractivity contribution in [3.8, 4) is 11.4 Å². The Balaban J connectivity index is 1.41. The Kier molecular flexibility index (Phi) is 5.64. The van der Waals surface area contributed by atoms with Gasteiger partial charge in [0.05, 0.1) is 12.2 Å². The zero-order chi connectivity index (χ0) is 17.9. The maximum absolute atomic E-state index is 6.00. The predicted octanol–water partition coefficient (Wildman–Crippen LogP) is 3.74. The van der Waals surface area contributed by atoms with Gasteiger partial charge < -0.3 is 4.74 Å². The minimum Gasteiger partial charge on any atom is -0.372 e. The molecule has 0 spiro atoms. The third-order valence-electron chi connectivity index (χ3n) is 4.89. The fourth-order valence-corrected chi connectivity index (χ4v) is 4.72. The summed E-state index contributed by atoms with van der Waals surface area (Å²) in [5.41, 5.74) is 1.01. The molecule has 0 amide bonds. The number of rotatable bonds is 7. The number of hydrogen-bond acceptors (Lipinski definition) is 5. The third-order valence-corrected chi connectivity index (χ3v) is 6.09. The molecule has 1 aromatic carbocycles. The molecule has 7 heteroatoms. The monoisotopic (exact) mass is 390 g/mol. The number of allylic oxidation sites excluding steroid dienone is 1. The van der Waals surface area contributed by atoms with Crippen LogP contribution in [-0.4, -0.2) is 57.3 Å². The van der Waals surface area contributed by atoms with Crippen LogP contribution in [0.5, 0.6) is 0 Å². The van der Waals surface area contributed by atoms with Crippen molar-refractivity contribution in [2.75, 3.05) is 25.4 Å². The molecule has 2 saturated heterocycles. The zero-order valence-corrected chi connectivity index (χ0v) is 16.3. The standard InChI is InChI=1S/C19H23ClN4OS/c1-2-9-24-18(14-3-5-15(20)6-4-14)21-22-19(24)26-11-10-23-12-16-7-8-17(13-23)25-16/h2-6,16-17H,1,7-13H2. The number of benzene rings is 1. The minimum absolute atomic E-state index is 0.444. The lowest BCUT2D eigenvalue weighted by atomic mass is 10.2. The van der Waals surface area contributed by atoms with Gasteiger partial charge in [0, 0.05) is 42.5 Å². The second-order valence-electron chi connectivity index (χ2n) is 6.78. The highest BCUT2D eigenvalue weighted by Crippen LogP contribution is 2.28. The van der Waals surface area contributed by atoms with E-state index < -0.39 is 0 Å². The number of likely N-dealkylation sites (tertiary alicyclic amines) is 1. The first-order valence-electron chi connectivity index (χ1n) is 9.03. The minimum atomic E-state index is 0.444. The fraction of sp³-hybridized carbons (Fsp3) is 0.474. The molecule has 0 N–H and O–H groups in total. The van der Waals surface area contributed by atoms with E-state index in [1.165, 1.54) is 12.8 Å². The topological polar surface area (TPSA) is 43.2 Å². The first-order valence-corrected chi connectivity index (χ1v) is 10.4. The molecule has 1 aromatic heterocycles. The van der Waals surface area contributed by atoms with Crippen molar-refractivity contribution < 1.29 is 4.74 Å². The van der Waals surface area contributed by atoms with Crippen LogP contribution in [0.1, 0.15) is 12.8 Å². The number of ether oxygens (including phenoxy) is 1. The number of halogens is 1. The average molecular weight is 391 g/mol. The molecule has 2 unspecified atom stereocenters. The van der Waals surface area contributed by atoms with E-state index >= 15 is 0 Å². The van der Waals surface area contributed by atoms with Gasteiger partial charge in [-0.25, -0.2) is 0 Å². The van der Waals surface area contributed by atoms with Crippen molar-refractivity contribution in [2.45, 2.75) is 36.8 Å². The second-order valence-corrected chi connectivity index (χ2v) is 8.28. The maximum Gasteiger partial charge on any atom is 0.191 e. The van der Waals surface area contributed by atoms with Gasteiger partial charge in [-0.2, -0.15) is 0 Å².